The highest BCUT2D eigenvalue weighted by atomic mass is 16.6. The molecule has 78 valence electrons. The standard InChI is InChI=1S/C10H10N2O3/c1-2-12-6-9(5-11-12)15-10-4-3-8(7-13)14-10/h3-7H,2H2,1H3. The summed E-state index contributed by atoms with van der Waals surface area (Å²) < 4.78 is 12.1. The van der Waals surface area contributed by atoms with Crippen molar-refractivity contribution in [2.75, 3.05) is 0 Å². The first-order chi connectivity index (χ1) is 7.31. The number of furan rings is 1. The Morgan fingerprint density at radius 1 is 1.60 bits per heavy atom. The molecule has 0 amide bonds. The molecule has 15 heavy (non-hydrogen) atoms. The molecule has 0 aliphatic carbocycles. The molecule has 0 aliphatic heterocycles. The lowest BCUT2D eigenvalue weighted by Crippen LogP contribution is -1.91. The summed E-state index contributed by atoms with van der Waals surface area (Å²) in [5.74, 6) is 1.12. The van der Waals surface area contributed by atoms with Gasteiger partial charge in [-0.1, -0.05) is 0 Å². The second kappa shape index (κ2) is 4.00. The van der Waals surface area contributed by atoms with Gasteiger partial charge in [-0.25, -0.2) is 0 Å². The highest BCUT2D eigenvalue weighted by molar-refractivity contribution is 5.70. The lowest BCUT2D eigenvalue weighted by molar-refractivity contribution is 0.109. The molecule has 0 aliphatic rings. The fraction of sp³-hybridized carbons (Fsp3) is 0.200. The number of hydrogen-bond donors (Lipinski definition) is 0. The maximum absolute atomic E-state index is 10.4. The van der Waals surface area contributed by atoms with Gasteiger partial charge in [-0.05, 0) is 13.0 Å². The molecule has 0 spiro atoms. The molecule has 0 unspecified atom stereocenters. The van der Waals surface area contributed by atoms with E-state index in [9.17, 15) is 4.79 Å². The maximum Gasteiger partial charge on any atom is 0.290 e. The van der Waals surface area contributed by atoms with Gasteiger partial charge in [0, 0.05) is 12.6 Å². The fourth-order valence-corrected chi connectivity index (χ4v) is 1.14. The molecular formula is C10H10N2O3. The van der Waals surface area contributed by atoms with Crippen molar-refractivity contribution >= 4 is 6.29 Å². The largest absolute Gasteiger partial charge is 0.423 e. The number of rotatable bonds is 4. The SMILES string of the molecule is CCn1cc(Oc2ccc(C=O)o2)cn1. The normalized spacial score (nSPS) is 10.2. The van der Waals surface area contributed by atoms with Crippen molar-refractivity contribution in [2.24, 2.45) is 0 Å². The third-order valence-electron chi connectivity index (χ3n) is 1.87. The Bertz CT molecular complexity index is 459. The van der Waals surface area contributed by atoms with Gasteiger partial charge >= 0.3 is 0 Å². The van der Waals surface area contributed by atoms with Crippen LogP contribution in [-0.2, 0) is 6.54 Å². The van der Waals surface area contributed by atoms with Gasteiger partial charge in [-0.2, -0.15) is 5.10 Å². The Morgan fingerprint density at radius 2 is 2.47 bits per heavy atom. The zero-order valence-corrected chi connectivity index (χ0v) is 8.21. The van der Waals surface area contributed by atoms with E-state index in [1.807, 2.05) is 6.92 Å². The van der Waals surface area contributed by atoms with Gasteiger partial charge in [-0.3, -0.25) is 9.48 Å². The molecule has 2 aromatic heterocycles. The first kappa shape index (κ1) is 9.51. The van der Waals surface area contributed by atoms with Crippen LogP contribution in [0.25, 0.3) is 0 Å². The predicted molar refractivity (Wildman–Crippen MR) is 52.1 cm³/mol. The summed E-state index contributed by atoms with van der Waals surface area (Å²) in [7, 11) is 0. The average molecular weight is 206 g/mol. The van der Waals surface area contributed by atoms with E-state index >= 15 is 0 Å². The molecule has 0 saturated heterocycles. The average Bonchev–Trinajstić information content (AvgIpc) is 2.87. The first-order valence-electron chi connectivity index (χ1n) is 4.57. The minimum absolute atomic E-state index is 0.243. The van der Waals surface area contributed by atoms with Crippen molar-refractivity contribution in [1.82, 2.24) is 9.78 Å². The summed E-state index contributed by atoms with van der Waals surface area (Å²) in [6.07, 6.45) is 3.97. The van der Waals surface area contributed by atoms with Gasteiger partial charge in [0.2, 0.25) is 0 Å². The van der Waals surface area contributed by atoms with Crippen molar-refractivity contribution < 1.29 is 13.9 Å². The lowest BCUT2D eigenvalue weighted by atomic mass is 10.5. The Labute approximate surface area is 86.3 Å². The third kappa shape index (κ3) is 2.07. The lowest BCUT2D eigenvalue weighted by Gasteiger charge is -1.95. The number of aromatic nitrogens is 2. The van der Waals surface area contributed by atoms with Gasteiger partial charge in [0.15, 0.2) is 17.8 Å². The Morgan fingerprint density at radius 3 is 3.07 bits per heavy atom. The molecule has 5 nitrogen and oxygen atoms in total. The predicted octanol–water partition coefficient (Wildman–Crippen LogP) is 2.10. The zero-order chi connectivity index (χ0) is 10.7. The Balaban J connectivity index is 2.10. The molecule has 0 bridgehead atoms. The number of hydrogen-bond acceptors (Lipinski definition) is 4. The molecule has 2 rings (SSSR count). The summed E-state index contributed by atoms with van der Waals surface area (Å²) in [5, 5.41) is 4.04. The molecule has 0 aromatic carbocycles. The van der Waals surface area contributed by atoms with Crippen LogP contribution in [0, 0.1) is 0 Å². The summed E-state index contributed by atoms with van der Waals surface area (Å²) in [5.41, 5.74) is 0. The van der Waals surface area contributed by atoms with Gasteiger partial charge < -0.3 is 9.15 Å². The Kier molecular flexibility index (Phi) is 2.53. The van der Waals surface area contributed by atoms with Crippen LogP contribution < -0.4 is 4.74 Å². The second-order valence-electron chi connectivity index (χ2n) is 2.91. The summed E-state index contributed by atoms with van der Waals surface area (Å²) >= 11 is 0. The van der Waals surface area contributed by atoms with E-state index in [0.717, 1.165) is 6.54 Å². The molecule has 2 heterocycles. The van der Waals surface area contributed by atoms with Crippen molar-refractivity contribution in [3.8, 4) is 11.7 Å². The molecular weight excluding hydrogens is 196 g/mol. The van der Waals surface area contributed by atoms with E-state index in [1.54, 1.807) is 29.2 Å². The van der Waals surface area contributed by atoms with E-state index in [1.165, 1.54) is 0 Å². The molecule has 0 atom stereocenters. The highest BCUT2D eigenvalue weighted by Crippen LogP contribution is 2.22. The number of aldehydes is 1. The molecule has 0 saturated carbocycles. The number of nitrogens with zero attached hydrogens (tertiary/aromatic N) is 2. The summed E-state index contributed by atoms with van der Waals surface area (Å²) in [4.78, 5) is 10.4. The number of carbonyl (C=O) groups excluding carboxylic acids is 1. The molecule has 0 N–H and O–H groups in total. The van der Waals surface area contributed by atoms with E-state index in [0.29, 0.717) is 12.0 Å². The fourth-order valence-electron chi connectivity index (χ4n) is 1.14. The van der Waals surface area contributed by atoms with Crippen LogP contribution in [0.2, 0.25) is 0 Å². The van der Waals surface area contributed by atoms with Gasteiger partial charge in [0.05, 0.1) is 12.4 Å². The molecule has 0 radical (unpaired) electrons. The van der Waals surface area contributed by atoms with Crippen LogP contribution >= 0.6 is 0 Å². The number of ether oxygens (including phenoxy) is 1. The minimum atomic E-state index is 0.243. The van der Waals surface area contributed by atoms with Crippen LogP contribution in [0.1, 0.15) is 17.5 Å². The third-order valence-corrected chi connectivity index (χ3v) is 1.87. The first-order valence-corrected chi connectivity index (χ1v) is 4.57. The topological polar surface area (TPSA) is 57.3 Å². The summed E-state index contributed by atoms with van der Waals surface area (Å²) in [6.45, 7) is 2.76. The van der Waals surface area contributed by atoms with E-state index < -0.39 is 0 Å². The highest BCUT2D eigenvalue weighted by Gasteiger charge is 2.04. The Hall–Kier alpha value is -2.04. The van der Waals surface area contributed by atoms with Gasteiger partial charge in [0.25, 0.3) is 5.95 Å². The van der Waals surface area contributed by atoms with Gasteiger partial charge in [-0.15, -0.1) is 0 Å². The zero-order valence-electron chi connectivity index (χ0n) is 8.21. The summed E-state index contributed by atoms with van der Waals surface area (Å²) in [6, 6.07) is 3.14. The van der Waals surface area contributed by atoms with E-state index in [-0.39, 0.29) is 11.7 Å². The number of carbonyl (C=O) groups is 1. The van der Waals surface area contributed by atoms with Gasteiger partial charge in [0.1, 0.15) is 0 Å². The van der Waals surface area contributed by atoms with Crippen LogP contribution in [-0.4, -0.2) is 16.1 Å². The van der Waals surface area contributed by atoms with Crippen LogP contribution in [0.5, 0.6) is 11.7 Å². The van der Waals surface area contributed by atoms with E-state index in [2.05, 4.69) is 5.10 Å². The van der Waals surface area contributed by atoms with Crippen molar-refractivity contribution in [3.05, 3.63) is 30.3 Å². The van der Waals surface area contributed by atoms with Crippen molar-refractivity contribution in [2.45, 2.75) is 13.5 Å². The quantitative estimate of drug-likeness (QED) is 0.719. The molecule has 5 heteroatoms. The number of aryl methyl sites for hydroxylation is 1. The second-order valence-corrected chi connectivity index (χ2v) is 2.91. The van der Waals surface area contributed by atoms with Crippen LogP contribution in [0.4, 0.5) is 0 Å². The molecule has 0 fully saturated rings. The van der Waals surface area contributed by atoms with Crippen LogP contribution in [0.15, 0.2) is 28.9 Å². The van der Waals surface area contributed by atoms with Crippen molar-refractivity contribution in [1.29, 1.82) is 0 Å². The van der Waals surface area contributed by atoms with E-state index in [4.69, 9.17) is 9.15 Å². The smallest absolute Gasteiger partial charge is 0.290 e. The maximum atomic E-state index is 10.4. The monoisotopic (exact) mass is 206 g/mol. The van der Waals surface area contributed by atoms with Crippen LogP contribution in [0.3, 0.4) is 0 Å². The molecule has 2 aromatic rings. The minimum Gasteiger partial charge on any atom is -0.423 e. The van der Waals surface area contributed by atoms with Crippen molar-refractivity contribution in [3.63, 3.8) is 0 Å².